The maximum Gasteiger partial charge on any atom is 0.0543 e. The highest BCUT2D eigenvalue weighted by atomic mass is 16.5. The molecular weight excluding hydrogens is 234 g/mol. The quantitative estimate of drug-likeness (QED) is 0.772. The van der Waals surface area contributed by atoms with Gasteiger partial charge in [0.2, 0.25) is 0 Å². The van der Waals surface area contributed by atoms with Crippen LogP contribution in [0.4, 0.5) is 0 Å². The minimum atomic E-state index is 0.370. The van der Waals surface area contributed by atoms with Crippen LogP contribution in [0.15, 0.2) is 30.3 Å². The molecule has 106 valence electrons. The zero-order valence-electron chi connectivity index (χ0n) is 12.4. The molecule has 1 saturated carbocycles. The third kappa shape index (κ3) is 4.05. The van der Waals surface area contributed by atoms with Crippen molar-refractivity contribution in [2.45, 2.75) is 51.2 Å². The van der Waals surface area contributed by atoms with Crippen molar-refractivity contribution < 1.29 is 4.74 Å². The van der Waals surface area contributed by atoms with Crippen LogP contribution in [0, 0.1) is 5.92 Å². The number of hydrogen-bond acceptors (Lipinski definition) is 2. The van der Waals surface area contributed by atoms with E-state index in [0.29, 0.717) is 12.1 Å². The summed E-state index contributed by atoms with van der Waals surface area (Å²) in [6, 6.07) is 11.6. The van der Waals surface area contributed by atoms with Crippen molar-refractivity contribution in [3.8, 4) is 0 Å². The van der Waals surface area contributed by atoms with Crippen LogP contribution in [0.25, 0.3) is 0 Å². The first-order valence-corrected chi connectivity index (χ1v) is 7.57. The second-order valence-corrected chi connectivity index (χ2v) is 5.70. The molecule has 1 aromatic rings. The Morgan fingerprint density at radius 2 is 2.00 bits per heavy atom. The van der Waals surface area contributed by atoms with Crippen LogP contribution in [-0.4, -0.2) is 25.8 Å². The minimum Gasteiger partial charge on any atom is -0.382 e. The van der Waals surface area contributed by atoms with Crippen molar-refractivity contribution in [3.05, 3.63) is 35.9 Å². The monoisotopic (exact) mass is 261 g/mol. The molecule has 19 heavy (non-hydrogen) atoms. The summed E-state index contributed by atoms with van der Waals surface area (Å²) in [4.78, 5) is 0. The molecule has 0 heterocycles. The van der Waals surface area contributed by atoms with Gasteiger partial charge >= 0.3 is 0 Å². The molecule has 2 rings (SSSR count). The Labute approximate surface area is 117 Å². The van der Waals surface area contributed by atoms with Gasteiger partial charge in [-0.25, -0.2) is 0 Å². The molecular formula is C17H27NO. The lowest BCUT2D eigenvalue weighted by atomic mass is 10.00. The highest BCUT2D eigenvalue weighted by Gasteiger charge is 2.43. The van der Waals surface area contributed by atoms with Gasteiger partial charge in [0.05, 0.1) is 6.10 Å². The Kier molecular flexibility index (Phi) is 5.41. The molecule has 1 N–H and O–H groups in total. The van der Waals surface area contributed by atoms with E-state index in [9.17, 15) is 0 Å². The fraction of sp³-hybridized carbons (Fsp3) is 0.647. The average molecular weight is 261 g/mol. The molecule has 1 aliphatic rings. The maximum atomic E-state index is 5.36. The molecule has 4 unspecified atom stereocenters. The molecule has 2 nitrogen and oxygen atoms in total. The topological polar surface area (TPSA) is 21.3 Å². The number of methoxy groups -OCH3 is 1. The molecule has 0 aromatic heterocycles. The number of rotatable bonds is 8. The van der Waals surface area contributed by atoms with E-state index >= 15 is 0 Å². The lowest BCUT2D eigenvalue weighted by molar-refractivity contribution is 0.105. The molecule has 0 spiro atoms. The van der Waals surface area contributed by atoms with Crippen LogP contribution in [-0.2, 0) is 4.74 Å². The molecule has 2 heteroatoms. The molecule has 0 radical (unpaired) electrons. The standard InChI is InChI=1S/C17H27NO/c1-4-18-17(11-10-13(2)19-3)16-12-15(16)14-8-6-5-7-9-14/h5-9,13,15-18H,4,10-12H2,1-3H3. The highest BCUT2D eigenvalue weighted by Crippen LogP contribution is 2.50. The predicted molar refractivity (Wildman–Crippen MR) is 80.5 cm³/mol. The van der Waals surface area contributed by atoms with E-state index in [2.05, 4.69) is 49.5 Å². The number of ether oxygens (including phenoxy) is 1. The fourth-order valence-corrected chi connectivity index (χ4v) is 3.00. The molecule has 0 aliphatic heterocycles. The lowest BCUT2D eigenvalue weighted by Gasteiger charge is -2.20. The van der Waals surface area contributed by atoms with E-state index < -0.39 is 0 Å². The first-order valence-electron chi connectivity index (χ1n) is 7.57. The number of nitrogens with one attached hydrogen (secondary N) is 1. The fourth-order valence-electron chi connectivity index (χ4n) is 3.00. The van der Waals surface area contributed by atoms with Gasteiger partial charge in [-0.2, -0.15) is 0 Å². The van der Waals surface area contributed by atoms with E-state index in [1.807, 2.05) is 0 Å². The van der Waals surface area contributed by atoms with Gasteiger partial charge in [-0.05, 0) is 50.1 Å². The van der Waals surface area contributed by atoms with Crippen molar-refractivity contribution in [1.29, 1.82) is 0 Å². The Bertz CT molecular complexity index is 365. The van der Waals surface area contributed by atoms with Crippen molar-refractivity contribution in [1.82, 2.24) is 5.32 Å². The second-order valence-electron chi connectivity index (χ2n) is 5.70. The molecule has 1 aliphatic carbocycles. The Morgan fingerprint density at radius 3 is 2.63 bits per heavy atom. The minimum absolute atomic E-state index is 0.370. The summed E-state index contributed by atoms with van der Waals surface area (Å²) in [5.41, 5.74) is 1.51. The van der Waals surface area contributed by atoms with Crippen molar-refractivity contribution >= 4 is 0 Å². The SMILES string of the molecule is CCNC(CCC(C)OC)C1CC1c1ccccc1. The molecule has 1 fully saturated rings. The van der Waals surface area contributed by atoms with Gasteiger partial charge in [-0.1, -0.05) is 37.3 Å². The van der Waals surface area contributed by atoms with Crippen molar-refractivity contribution in [2.24, 2.45) is 5.92 Å². The van der Waals surface area contributed by atoms with Gasteiger partial charge in [-0.3, -0.25) is 0 Å². The third-order valence-corrected chi connectivity index (χ3v) is 4.34. The molecule has 0 amide bonds. The number of benzene rings is 1. The average Bonchev–Trinajstić information content (AvgIpc) is 3.24. The van der Waals surface area contributed by atoms with Crippen LogP contribution >= 0.6 is 0 Å². The van der Waals surface area contributed by atoms with Gasteiger partial charge in [0.15, 0.2) is 0 Å². The summed E-state index contributed by atoms with van der Waals surface area (Å²) in [7, 11) is 1.80. The normalized spacial score (nSPS) is 25.0. The van der Waals surface area contributed by atoms with Crippen LogP contribution in [0.1, 0.15) is 44.6 Å². The maximum absolute atomic E-state index is 5.36. The molecule has 0 saturated heterocycles. The molecule has 0 bridgehead atoms. The molecule has 4 atom stereocenters. The second kappa shape index (κ2) is 7.06. The Morgan fingerprint density at radius 1 is 1.26 bits per heavy atom. The van der Waals surface area contributed by atoms with E-state index in [4.69, 9.17) is 4.74 Å². The summed E-state index contributed by atoms with van der Waals surface area (Å²) in [5, 5.41) is 3.67. The van der Waals surface area contributed by atoms with E-state index in [1.54, 1.807) is 7.11 Å². The van der Waals surface area contributed by atoms with Crippen LogP contribution in [0.5, 0.6) is 0 Å². The van der Waals surface area contributed by atoms with Crippen LogP contribution in [0.2, 0.25) is 0 Å². The lowest BCUT2D eigenvalue weighted by Crippen LogP contribution is -2.32. The first kappa shape index (κ1) is 14.5. The summed E-state index contributed by atoms with van der Waals surface area (Å²) in [6.07, 6.45) is 4.07. The third-order valence-electron chi connectivity index (χ3n) is 4.34. The predicted octanol–water partition coefficient (Wildman–Crippen LogP) is 3.58. The summed E-state index contributed by atoms with van der Waals surface area (Å²) in [5.74, 6) is 1.58. The van der Waals surface area contributed by atoms with E-state index in [0.717, 1.165) is 24.8 Å². The van der Waals surface area contributed by atoms with Crippen molar-refractivity contribution in [3.63, 3.8) is 0 Å². The van der Waals surface area contributed by atoms with Gasteiger partial charge in [0.1, 0.15) is 0 Å². The van der Waals surface area contributed by atoms with Gasteiger partial charge in [0.25, 0.3) is 0 Å². The van der Waals surface area contributed by atoms with Crippen LogP contribution < -0.4 is 5.32 Å². The van der Waals surface area contributed by atoms with Gasteiger partial charge < -0.3 is 10.1 Å². The van der Waals surface area contributed by atoms with Gasteiger partial charge in [-0.15, -0.1) is 0 Å². The highest BCUT2D eigenvalue weighted by molar-refractivity contribution is 5.26. The Balaban J connectivity index is 1.87. The van der Waals surface area contributed by atoms with Crippen molar-refractivity contribution in [2.75, 3.05) is 13.7 Å². The zero-order valence-corrected chi connectivity index (χ0v) is 12.4. The largest absolute Gasteiger partial charge is 0.382 e. The Hall–Kier alpha value is -0.860. The zero-order chi connectivity index (χ0) is 13.7. The molecule has 1 aromatic carbocycles. The summed E-state index contributed by atoms with van der Waals surface area (Å²) < 4.78 is 5.36. The van der Waals surface area contributed by atoms with E-state index in [1.165, 1.54) is 18.4 Å². The smallest absolute Gasteiger partial charge is 0.0543 e. The number of hydrogen-bond donors (Lipinski definition) is 1. The summed E-state index contributed by atoms with van der Waals surface area (Å²) >= 11 is 0. The summed E-state index contributed by atoms with van der Waals surface area (Å²) in [6.45, 7) is 5.42. The van der Waals surface area contributed by atoms with Gasteiger partial charge in [0, 0.05) is 13.2 Å². The first-order chi connectivity index (χ1) is 9.26. The van der Waals surface area contributed by atoms with E-state index in [-0.39, 0.29) is 0 Å². The van der Waals surface area contributed by atoms with Crippen LogP contribution in [0.3, 0.4) is 0 Å².